The summed E-state index contributed by atoms with van der Waals surface area (Å²) >= 11 is 0. The fourth-order valence-electron chi connectivity index (χ4n) is 2.51. The summed E-state index contributed by atoms with van der Waals surface area (Å²) in [6.45, 7) is 3.02. The fraction of sp³-hybridized carbons (Fsp3) is 0.571. The van der Waals surface area contributed by atoms with Crippen molar-refractivity contribution >= 4 is 22.4 Å². The lowest BCUT2D eigenvalue weighted by molar-refractivity contribution is -0.127. The van der Waals surface area contributed by atoms with Crippen molar-refractivity contribution in [2.24, 2.45) is 11.1 Å². The number of benzene rings is 1. The van der Waals surface area contributed by atoms with Gasteiger partial charge in [-0.2, -0.15) is 17.5 Å². The number of sulfonamides is 1. The van der Waals surface area contributed by atoms with E-state index < -0.39 is 22.6 Å². The Bertz CT molecular complexity index is 634. The van der Waals surface area contributed by atoms with Gasteiger partial charge in [0.15, 0.2) is 0 Å². The first-order chi connectivity index (χ1) is 10.1. The largest absolute Gasteiger partial charge is 0.393 e. The summed E-state index contributed by atoms with van der Waals surface area (Å²) in [5.74, 6) is 0. The summed E-state index contributed by atoms with van der Waals surface area (Å²) in [7, 11) is -3.68. The lowest BCUT2D eigenvalue weighted by atomic mass is 9.90. The summed E-state index contributed by atoms with van der Waals surface area (Å²) < 4.78 is 63.3. The molecule has 2 rings (SSSR count). The van der Waals surface area contributed by atoms with Gasteiger partial charge in [0.25, 0.3) is 0 Å². The van der Waals surface area contributed by atoms with E-state index in [-0.39, 0.29) is 28.3 Å². The van der Waals surface area contributed by atoms with Gasteiger partial charge in [0, 0.05) is 13.1 Å². The molecule has 23 heavy (non-hydrogen) atoms. The topological polar surface area (TPSA) is 63.4 Å². The summed E-state index contributed by atoms with van der Waals surface area (Å²) in [6.07, 6.45) is -4.70. The quantitative estimate of drug-likeness (QED) is 0.883. The van der Waals surface area contributed by atoms with Crippen LogP contribution in [-0.4, -0.2) is 38.5 Å². The Balaban J connectivity index is 0.00000264. The van der Waals surface area contributed by atoms with Gasteiger partial charge in [0.1, 0.15) is 0 Å². The monoisotopic (exact) mass is 372 g/mol. The van der Waals surface area contributed by atoms with Crippen molar-refractivity contribution in [1.82, 2.24) is 4.31 Å². The number of hydrogen-bond donors (Lipinski definition) is 1. The molecule has 1 heterocycles. The molecule has 1 aliphatic rings. The second-order valence-corrected chi connectivity index (χ2v) is 7.98. The van der Waals surface area contributed by atoms with Crippen LogP contribution in [-0.2, 0) is 16.4 Å². The third kappa shape index (κ3) is 4.82. The van der Waals surface area contributed by atoms with Crippen LogP contribution < -0.4 is 5.73 Å². The van der Waals surface area contributed by atoms with E-state index in [0.717, 1.165) is 0 Å². The van der Waals surface area contributed by atoms with Crippen LogP contribution in [0.3, 0.4) is 0 Å². The average Bonchev–Trinajstić information content (AvgIpc) is 2.82. The molecule has 0 amide bonds. The molecule has 4 nitrogen and oxygen atoms in total. The van der Waals surface area contributed by atoms with E-state index in [2.05, 4.69) is 0 Å². The first-order valence-corrected chi connectivity index (χ1v) is 8.36. The van der Waals surface area contributed by atoms with E-state index >= 15 is 0 Å². The highest BCUT2D eigenvalue weighted by atomic mass is 35.5. The van der Waals surface area contributed by atoms with Crippen LogP contribution in [0.15, 0.2) is 29.2 Å². The Hall–Kier alpha value is -0.830. The minimum Gasteiger partial charge on any atom is -0.330 e. The van der Waals surface area contributed by atoms with E-state index in [0.29, 0.717) is 26.1 Å². The van der Waals surface area contributed by atoms with Crippen molar-refractivity contribution in [3.8, 4) is 0 Å². The number of halogens is 4. The molecule has 0 bridgehead atoms. The van der Waals surface area contributed by atoms with Gasteiger partial charge in [-0.3, -0.25) is 0 Å². The average molecular weight is 373 g/mol. The fourth-order valence-corrected chi connectivity index (χ4v) is 4.10. The summed E-state index contributed by atoms with van der Waals surface area (Å²) in [6, 6.07) is 4.88. The van der Waals surface area contributed by atoms with Crippen molar-refractivity contribution < 1.29 is 21.6 Å². The normalized spacial score (nSPS) is 22.8. The van der Waals surface area contributed by atoms with Crippen molar-refractivity contribution in [2.45, 2.75) is 30.8 Å². The molecule has 0 saturated carbocycles. The van der Waals surface area contributed by atoms with Crippen LogP contribution in [0.5, 0.6) is 0 Å². The Morgan fingerprint density at radius 2 is 1.83 bits per heavy atom. The zero-order valence-corrected chi connectivity index (χ0v) is 14.3. The van der Waals surface area contributed by atoms with Crippen LogP contribution in [0.1, 0.15) is 18.9 Å². The molecule has 9 heteroatoms. The van der Waals surface area contributed by atoms with Crippen molar-refractivity contribution in [3.63, 3.8) is 0 Å². The maximum atomic E-state index is 12.5. The molecule has 0 aliphatic carbocycles. The lowest BCUT2D eigenvalue weighted by Crippen LogP contribution is -2.34. The smallest absolute Gasteiger partial charge is 0.330 e. The molecular weight excluding hydrogens is 353 g/mol. The third-order valence-electron chi connectivity index (χ3n) is 3.98. The predicted molar refractivity (Wildman–Crippen MR) is 84.0 cm³/mol. The Labute approximate surface area is 140 Å². The molecule has 1 fully saturated rings. The Kier molecular flexibility index (Phi) is 6.12. The molecule has 1 aromatic rings. The number of hydrogen-bond acceptors (Lipinski definition) is 3. The molecule has 1 unspecified atom stereocenters. The van der Waals surface area contributed by atoms with Crippen LogP contribution in [0, 0.1) is 5.41 Å². The number of nitrogens with zero attached hydrogens (tertiary/aromatic N) is 1. The molecular formula is C14H20ClF3N2O2S. The Morgan fingerprint density at radius 3 is 2.26 bits per heavy atom. The molecule has 0 spiro atoms. The molecule has 0 radical (unpaired) electrons. The molecule has 132 valence electrons. The number of nitrogens with two attached hydrogens (primary N) is 1. The standard InChI is InChI=1S/C14H19F3N2O2S.ClH/c1-13(9-18)6-7-19(10-13)22(20,21)12-4-2-11(3-5-12)8-14(15,16)17;/h2-5H,6-10,18H2,1H3;1H. The van der Waals surface area contributed by atoms with Gasteiger partial charge in [0.05, 0.1) is 11.3 Å². The minimum absolute atomic E-state index is 0. The molecule has 1 atom stereocenters. The third-order valence-corrected chi connectivity index (χ3v) is 5.84. The van der Waals surface area contributed by atoms with Gasteiger partial charge in [-0.1, -0.05) is 19.1 Å². The van der Waals surface area contributed by atoms with E-state index in [1.54, 1.807) is 0 Å². The van der Waals surface area contributed by atoms with Gasteiger partial charge >= 0.3 is 6.18 Å². The Morgan fingerprint density at radius 1 is 1.26 bits per heavy atom. The lowest BCUT2D eigenvalue weighted by Gasteiger charge is -2.22. The van der Waals surface area contributed by atoms with E-state index in [4.69, 9.17) is 5.73 Å². The first kappa shape index (κ1) is 20.2. The predicted octanol–water partition coefficient (Wildman–Crippen LogP) is 2.57. The van der Waals surface area contributed by atoms with E-state index in [1.807, 2.05) is 6.92 Å². The zero-order valence-electron chi connectivity index (χ0n) is 12.6. The molecule has 1 aromatic carbocycles. The van der Waals surface area contributed by atoms with Crippen LogP contribution in [0.25, 0.3) is 0 Å². The maximum absolute atomic E-state index is 12.5. The highest BCUT2D eigenvalue weighted by Crippen LogP contribution is 2.32. The number of alkyl halides is 3. The first-order valence-electron chi connectivity index (χ1n) is 6.92. The summed E-state index contributed by atoms with van der Waals surface area (Å²) in [5.41, 5.74) is 5.46. The van der Waals surface area contributed by atoms with Crippen LogP contribution >= 0.6 is 12.4 Å². The molecule has 2 N–H and O–H groups in total. The highest BCUT2D eigenvalue weighted by molar-refractivity contribution is 7.89. The molecule has 1 aliphatic heterocycles. The van der Waals surface area contributed by atoms with Crippen molar-refractivity contribution in [2.75, 3.05) is 19.6 Å². The van der Waals surface area contributed by atoms with E-state index in [9.17, 15) is 21.6 Å². The van der Waals surface area contributed by atoms with Crippen molar-refractivity contribution in [1.29, 1.82) is 0 Å². The van der Waals surface area contributed by atoms with Crippen molar-refractivity contribution in [3.05, 3.63) is 29.8 Å². The number of rotatable bonds is 4. The SMILES string of the molecule is CC1(CN)CCN(S(=O)(=O)c2ccc(CC(F)(F)F)cc2)C1.Cl. The van der Waals surface area contributed by atoms with Gasteiger partial charge < -0.3 is 5.73 Å². The van der Waals surface area contributed by atoms with Crippen LogP contribution in [0.2, 0.25) is 0 Å². The maximum Gasteiger partial charge on any atom is 0.393 e. The minimum atomic E-state index is -4.31. The van der Waals surface area contributed by atoms with Gasteiger partial charge in [-0.05, 0) is 36.1 Å². The second-order valence-electron chi connectivity index (χ2n) is 6.04. The summed E-state index contributed by atoms with van der Waals surface area (Å²) in [4.78, 5) is 0.0136. The molecule has 1 saturated heterocycles. The summed E-state index contributed by atoms with van der Waals surface area (Å²) in [5, 5.41) is 0. The van der Waals surface area contributed by atoms with Gasteiger partial charge in [0.2, 0.25) is 10.0 Å². The van der Waals surface area contributed by atoms with E-state index in [1.165, 1.54) is 28.6 Å². The van der Waals surface area contributed by atoms with Crippen LogP contribution in [0.4, 0.5) is 13.2 Å². The van der Waals surface area contributed by atoms with Gasteiger partial charge in [-0.25, -0.2) is 8.42 Å². The second kappa shape index (κ2) is 6.96. The highest BCUT2D eigenvalue weighted by Gasteiger charge is 2.39. The van der Waals surface area contributed by atoms with Gasteiger partial charge in [-0.15, -0.1) is 12.4 Å². The molecule has 0 aromatic heterocycles. The zero-order chi connectivity index (χ0) is 16.6.